The molecular formula is C15H24N2O4. The summed E-state index contributed by atoms with van der Waals surface area (Å²) in [6.07, 6.45) is 2.19. The Labute approximate surface area is 125 Å². The molecule has 2 rings (SSSR count). The molecule has 1 aliphatic rings. The number of likely N-dealkylation sites (tertiary alicyclic amines) is 1. The highest BCUT2D eigenvalue weighted by Gasteiger charge is 2.28. The molecule has 0 bridgehead atoms. The topological polar surface area (TPSA) is 77.9 Å². The second-order valence-corrected chi connectivity index (χ2v) is 5.46. The molecule has 0 saturated carbocycles. The SMILES string of the molecule is COC(=O)c1oc(CN2CCC(OC)CC2CN)cc1C. The largest absolute Gasteiger partial charge is 0.463 e. The minimum absolute atomic E-state index is 0.274. The van der Waals surface area contributed by atoms with Gasteiger partial charge in [-0.25, -0.2) is 4.79 Å². The molecule has 1 fully saturated rings. The van der Waals surface area contributed by atoms with E-state index in [-0.39, 0.29) is 17.9 Å². The van der Waals surface area contributed by atoms with Crippen molar-refractivity contribution in [1.82, 2.24) is 4.90 Å². The molecule has 0 radical (unpaired) electrons. The van der Waals surface area contributed by atoms with Gasteiger partial charge in [-0.1, -0.05) is 0 Å². The molecule has 1 aromatic heterocycles. The van der Waals surface area contributed by atoms with E-state index >= 15 is 0 Å². The summed E-state index contributed by atoms with van der Waals surface area (Å²) < 4.78 is 15.8. The maximum atomic E-state index is 11.6. The van der Waals surface area contributed by atoms with E-state index in [1.54, 1.807) is 7.11 Å². The first-order valence-electron chi connectivity index (χ1n) is 7.23. The zero-order valence-electron chi connectivity index (χ0n) is 12.9. The number of carbonyl (C=O) groups excluding carboxylic acids is 1. The Bertz CT molecular complexity index is 486. The van der Waals surface area contributed by atoms with Crippen LogP contribution < -0.4 is 5.73 Å². The van der Waals surface area contributed by atoms with Gasteiger partial charge in [0.1, 0.15) is 5.76 Å². The maximum Gasteiger partial charge on any atom is 0.374 e. The number of hydrogen-bond acceptors (Lipinski definition) is 6. The highest BCUT2D eigenvalue weighted by Crippen LogP contribution is 2.23. The smallest absolute Gasteiger partial charge is 0.374 e. The van der Waals surface area contributed by atoms with Crippen molar-refractivity contribution >= 4 is 5.97 Å². The maximum absolute atomic E-state index is 11.6. The van der Waals surface area contributed by atoms with Crippen LogP contribution in [0.4, 0.5) is 0 Å². The van der Waals surface area contributed by atoms with Crippen molar-refractivity contribution in [3.8, 4) is 0 Å². The summed E-state index contributed by atoms with van der Waals surface area (Å²) in [4.78, 5) is 13.9. The van der Waals surface area contributed by atoms with Crippen LogP contribution in [0, 0.1) is 6.92 Å². The van der Waals surface area contributed by atoms with Gasteiger partial charge in [0, 0.05) is 31.8 Å². The van der Waals surface area contributed by atoms with Crippen molar-refractivity contribution < 1.29 is 18.7 Å². The van der Waals surface area contributed by atoms with Crippen molar-refractivity contribution in [3.63, 3.8) is 0 Å². The number of esters is 1. The van der Waals surface area contributed by atoms with E-state index in [0.29, 0.717) is 13.1 Å². The second kappa shape index (κ2) is 7.06. The van der Waals surface area contributed by atoms with Crippen LogP contribution in [-0.2, 0) is 16.0 Å². The van der Waals surface area contributed by atoms with Gasteiger partial charge in [-0.15, -0.1) is 0 Å². The van der Waals surface area contributed by atoms with Crippen molar-refractivity contribution in [2.45, 2.75) is 38.5 Å². The molecule has 1 saturated heterocycles. The number of ether oxygens (including phenoxy) is 2. The molecule has 1 aromatic rings. The fraction of sp³-hybridized carbons (Fsp3) is 0.667. The molecule has 2 N–H and O–H groups in total. The lowest BCUT2D eigenvalue weighted by Gasteiger charge is -2.37. The molecule has 0 amide bonds. The van der Waals surface area contributed by atoms with Gasteiger partial charge in [0.05, 0.1) is 19.8 Å². The molecule has 2 unspecified atom stereocenters. The first-order chi connectivity index (χ1) is 10.1. The van der Waals surface area contributed by atoms with E-state index in [9.17, 15) is 4.79 Å². The Kier molecular flexibility index (Phi) is 5.39. The molecule has 6 heteroatoms. The highest BCUT2D eigenvalue weighted by atomic mass is 16.5. The minimum Gasteiger partial charge on any atom is -0.463 e. The van der Waals surface area contributed by atoms with Crippen LogP contribution >= 0.6 is 0 Å². The van der Waals surface area contributed by atoms with Gasteiger partial charge in [-0.3, -0.25) is 4.90 Å². The molecule has 118 valence electrons. The van der Waals surface area contributed by atoms with Gasteiger partial charge in [0.15, 0.2) is 0 Å². The van der Waals surface area contributed by atoms with Crippen LogP contribution in [0.25, 0.3) is 0 Å². The third kappa shape index (κ3) is 3.64. The molecular weight excluding hydrogens is 272 g/mol. The molecule has 21 heavy (non-hydrogen) atoms. The number of nitrogens with two attached hydrogens (primary N) is 1. The lowest BCUT2D eigenvalue weighted by molar-refractivity contribution is 0.00777. The van der Waals surface area contributed by atoms with E-state index in [2.05, 4.69) is 4.90 Å². The number of nitrogens with zero attached hydrogens (tertiary/aromatic N) is 1. The quantitative estimate of drug-likeness (QED) is 0.826. The normalized spacial score (nSPS) is 23.2. The summed E-state index contributed by atoms with van der Waals surface area (Å²) in [7, 11) is 3.09. The number of carbonyl (C=O) groups is 1. The number of aryl methyl sites for hydroxylation is 1. The molecule has 0 spiro atoms. The molecule has 2 atom stereocenters. The zero-order chi connectivity index (χ0) is 15.4. The van der Waals surface area contributed by atoms with Crippen LogP contribution in [-0.4, -0.2) is 50.3 Å². The van der Waals surface area contributed by atoms with Crippen LogP contribution in [0.5, 0.6) is 0 Å². The first kappa shape index (κ1) is 16.0. The fourth-order valence-corrected chi connectivity index (χ4v) is 2.85. The van der Waals surface area contributed by atoms with E-state index < -0.39 is 5.97 Å². The first-order valence-corrected chi connectivity index (χ1v) is 7.23. The van der Waals surface area contributed by atoms with Gasteiger partial charge >= 0.3 is 5.97 Å². The lowest BCUT2D eigenvalue weighted by atomic mass is 9.99. The predicted molar refractivity (Wildman–Crippen MR) is 78.1 cm³/mol. The summed E-state index contributed by atoms with van der Waals surface area (Å²) in [6, 6.07) is 2.16. The molecule has 0 aromatic carbocycles. The minimum atomic E-state index is -0.438. The third-order valence-electron chi connectivity index (χ3n) is 4.09. The zero-order valence-corrected chi connectivity index (χ0v) is 12.9. The van der Waals surface area contributed by atoms with Crippen molar-refractivity contribution in [3.05, 3.63) is 23.2 Å². The van der Waals surface area contributed by atoms with Gasteiger partial charge in [-0.2, -0.15) is 0 Å². The summed E-state index contributed by atoms with van der Waals surface area (Å²) >= 11 is 0. The van der Waals surface area contributed by atoms with E-state index in [1.807, 2.05) is 13.0 Å². The average Bonchev–Trinajstić information content (AvgIpc) is 2.87. The van der Waals surface area contributed by atoms with Gasteiger partial charge in [-0.05, 0) is 25.8 Å². The second-order valence-electron chi connectivity index (χ2n) is 5.46. The Morgan fingerprint density at radius 1 is 1.52 bits per heavy atom. The summed E-state index contributed by atoms with van der Waals surface area (Å²) in [5.74, 6) is 0.609. The standard InChI is InChI=1S/C15H24N2O4/c1-10-6-13(21-14(10)15(18)20-3)9-17-5-4-12(19-2)7-11(17)8-16/h6,11-12H,4-5,7-9,16H2,1-3H3. The highest BCUT2D eigenvalue weighted by molar-refractivity contribution is 5.87. The van der Waals surface area contributed by atoms with E-state index in [0.717, 1.165) is 30.7 Å². The van der Waals surface area contributed by atoms with Crippen molar-refractivity contribution in [1.29, 1.82) is 0 Å². The fourth-order valence-electron chi connectivity index (χ4n) is 2.85. The van der Waals surface area contributed by atoms with Crippen LogP contribution in [0.15, 0.2) is 10.5 Å². The van der Waals surface area contributed by atoms with Gasteiger partial charge in [0.2, 0.25) is 5.76 Å². The van der Waals surface area contributed by atoms with E-state index in [4.69, 9.17) is 19.6 Å². The van der Waals surface area contributed by atoms with Crippen molar-refractivity contribution in [2.75, 3.05) is 27.3 Å². The van der Waals surface area contributed by atoms with Crippen LogP contribution in [0.3, 0.4) is 0 Å². The Morgan fingerprint density at radius 2 is 2.29 bits per heavy atom. The summed E-state index contributed by atoms with van der Waals surface area (Å²) in [5.41, 5.74) is 6.67. The lowest BCUT2D eigenvalue weighted by Crippen LogP contribution is -2.47. The molecule has 6 nitrogen and oxygen atoms in total. The van der Waals surface area contributed by atoms with Gasteiger partial charge in [0.25, 0.3) is 0 Å². The van der Waals surface area contributed by atoms with Crippen molar-refractivity contribution in [2.24, 2.45) is 5.73 Å². The van der Waals surface area contributed by atoms with Crippen LogP contribution in [0.2, 0.25) is 0 Å². The Balaban J connectivity index is 2.05. The summed E-state index contributed by atoms with van der Waals surface area (Å²) in [5, 5.41) is 0. The average molecular weight is 296 g/mol. The number of hydrogen-bond donors (Lipinski definition) is 1. The number of furan rings is 1. The summed E-state index contributed by atoms with van der Waals surface area (Å²) in [6.45, 7) is 3.99. The number of rotatable bonds is 5. The Hall–Kier alpha value is -1.37. The van der Waals surface area contributed by atoms with E-state index in [1.165, 1.54) is 7.11 Å². The third-order valence-corrected chi connectivity index (χ3v) is 4.09. The predicted octanol–water partition coefficient (Wildman–Crippen LogP) is 1.31. The molecule has 0 aliphatic carbocycles. The van der Waals surface area contributed by atoms with Crippen LogP contribution in [0.1, 0.15) is 34.7 Å². The monoisotopic (exact) mass is 296 g/mol. The number of methoxy groups -OCH3 is 2. The molecule has 1 aliphatic heterocycles. The number of piperidine rings is 1. The molecule has 2 heterocycles. The van der Waals surface area contributed by atoms with Gasteiger partial charge < -0.3 is 19.6 Å². The Morgan fingerprint density at radius 3 is 2.90 bits per heavy atom.